The van der Waals surface area contributed by atoms with Crippen LogP contribution in [-0.4, -0.2) is 42.1 Å². The molecule has 42 heavy (non-hydrogen) atoms. The van der Waals surface area contributed by atoms with Crippen LogP contribution in [0.4, 0.5) is 4.39 Å². The molecule has 0 amide bonds. The lowest BCUT2D eigenvalue weighted by Crippen LogP contribution is -1.97. The van der Waals surface area contributed by atoms with Crippen LogP contribution < -0.4 is 0 Å². The summed E-state index contributed by atoms with van der Waals surface area (Å²) in [4.78, 5) is 39.2. The zero-order valence-corrected chi connectivity index (χ0v) is 23.7. The summed E-state index contributed by atoms with van der Waals surface area (Å²) in [6.07, 6.45) is 3.49. The number of nitrogens with zero attached hydrogens (tertiary/aromatic N) is 2. The summed E-state index contributed by atoms with van der Waals surface area (Å²) >= 11 is 0. The first kappa shape index (κ1) is 28.5. The van der Waals surface area contributed by atoms with E-state index in [-0.39, 0.29) is 31.2 Å². The van der Waals surface area contributed by atoms with Crippen LogP contribution in [0.25, 0.3) is 56.5 Å². The highest BCUT2D eigenvalue weighted by Gasteiger charge is 2.23. The first-order chi connectivity index (χ1) is 20.0. The Morgan fingerprint density at radius 2 is 1.21 bits per heavy atom. The Hall–Kier alpha value is -5.05. The third-order valence-corrected chi connectivity index (χ3v) is 7.88. The average Bonchev–Trinajstić information content (AvgIpc) is 3.59. The normalized spacial score (nSPS) is 13.0. The van der Waals surface area contributed by atoms with Crippen LogP contribution in [0, 0.1) is 12.7 Å². The van der Waals surface area contributed by atoms with Gasteiger partial charge in [0.15, 0.2) is 5.82 Å². The molecule has 0 radical (unpaired) electrons. The zero-order valence-electron chi connectivity index (χ0n) is 23.7. The fourth-order valence-electron chi connectivity index (χ4n) is 5.54. The third kappa shape index (κ3) is 5.09. The van der Waals surface area contributed by atoms with Crippen molar-refractivity contribution in [2.24, 2.45) is 0 Å². The van der Waals surface area contributed by atoms with Gasteiger partial charge in [-0.2, -0.15) is 0 Å². The standard InChI is InChI=1S/C33H31FN4O4/c1-6-19-16(3)23-13-27-20(7-2)33(34)30(38-27)14-25-18(5)22(9-11-32(41)42)29(37-25)15-28-21(8-10-31(39)40)17(4)24(36-28)12-26(19)35-23/h6-7,12-15,35,38H,1-2,8-11H2,3-5H3,(H,39,40)(H,41,42). The molecule has 4 N–H and O–H groups in total. The Kier molecular flexibility index (Phi) is 7.51. The number of carbonyl (C=O) groups is 2. The van der Waals surface area contributed by atoms with Crippen LogP contribution in [0.5, 0.6) is 0 Å². The SMILES string of the molecule is C=Cc1c(C)c2cc3[nH]c(cc4nc(cc5nc(cc1[nH]2)C(C)=C5CCC(=O)O)C(CCC(=O)O)=C4C)c(F)c3C=C. The molecule has 9 heteroatoms. The molecule has 0 fully saturated rings. The number of carboxylic acids is 2. The maximum atomic E-state index is 15.6. The number of carboxylic acid groups (broad SMARTS) is 2. The Morgan fingerprint density at radius 1 is 0.738 bits per heavy atom. The average molecular weight is 567 g/mol. The van der Waals surface area contributed by atoms with Crippen molar-refractivity contribution in [3.8, 4) is 0 Å². The Labute approximate surface area is 241 Å². The fraction of sp³-hybridized carbons (Fsp3) is 0.212. The van der Waals surface area contributed by atoms with Crippen LogP contribution in [0.3, 0.4) is 0 Å². The molecule has 0 aliphatic carbocycles. The lowest BCUT2D eigenvalue weighted by atomic mass is 9.98. The van der Waals surface area contributed by atoms with Crippen LogP contribution in [-0.2, 0) is 9.59 Å². The number of allylic oxidation sites excluding steroid dienone is 4. The summed E-state index contributed by atoms with van der Waals surface area (Å²) in [6, 6.07) is 7.10. The van der Waals surface area contributed by atoms with Crippen molar-refractivity contribution in [1.29, 1.82) is 0 Å². The number of aromatic nitrogens is 4. The van der Waals surface area contributed by atoms with E-state index in [2.05, 4.69) is 23.1 Å². The molecule has 214 valence electrons. The molecule has 8 nitrogen and oxygen atoms in total. The number of nitrogens with one attached hydrogen (secondary N) is 2. The number of aromatic amines is 2. The summed E-state index contributed by atoms with van der Waals surface area (Å²) in [7, 11) is 0. The van der Waals surface area contributed by atoms with Crippen LogP contribution >= 0.6 is 0 Å². The van der Waals surface area contributed by atoms with Crippen LogP contribution in [0.1, 0.15) is 79.0 Å². The molecule has 5 rings (SSSR count). The number of hydrogen-bond donors (Lipinski definition) is 4. The highest BCUT2D eigenvalue weighted by atomic mass is 19.1. The van der Waals surface area contributed by atoms with Crippen molar-refractivity contribution in [2.75, 3.05) is 0 Å². The Morgan fingerprint density at radius 3 is 1.71 bits per heavy atom. The van der Waals surface area contributed by atoms with Gasteiger partial charge in [-0.25, -0.2) is 14.4 Å². The van der Waals surface area contributed by atoms with Crippen molar-refractivity contribution in [3.05, 3.63) is 82.7 Å². The molecule has 8 bridgehead atoms. The summed E-state index contributed by atoms with van der Waals surface area (Å²) in [5.41, 5.74) is 9.61. The van der Waals surface area contributed by atoms with Gasteiger partial charge in [0.2, 0.25) is 0 Å². The number of aryl methyl sites for hydroxylation is 1. The van der Waals surface area contributed by atoms with E-state index in [4.69, 9.17) is 9.97 Å². The van der Waals surface area contributed by atoms with Gasteiger partial charge in [0.05, 0.1) is 33.8 Å². The van der Waals surface area contributed by atoms with Crippen molar-refractivity contribution in [2.45, 2.75) is 46.5 Å². The van der Waals surface area contributed by atoms with E-state index in [9.17, 15) is 19.8 Å². The molecule has 3 aromatic heterocycles. The van der Waals surface area contributed by atoms with E-state index in [0.717, 1.165) is 38.9 Å². The molecule has 2 aliphatic rings. The summed E-state index contributed by atoms with van der Waals surface area (Å²) in [5.74, 6) is -2.35. The molecule has 0 atom stereocenters. The van der Waals surface area contributed by atoms with E-state index >= 15 is 4.39 Å². The van der Waals surface area contributed by atoms with Crippen molar-refractivity contribution < 1.29 is 24.2 Å². The van der Waals surface area contributed by atoms with E-state index in [1.165, 1.54) is 6.08 Å². The van der Waals surface area contributed by atoms with Crippen LogP contribution in [0.2, 0.25) is 0 Å². The number of hydrogen-bond acceptors (Lipinski definition) is 4. The maximum Gasteiger partial charge on any atom is 0.303 e. The van der Waals surface area contributed by atoms with Crippen molar-refractivity contribution >= 4 is 68.4 Å². The molecule has 5 heterocycles. The highest BCUT2D eigenvalue weighted by Crippen LogP contribution is 2.38. The van der Waals surface area contributed by atoms with E-state index in [1.807, 2.05) is 32.9 Å². The first-order valence-corrected chi connectivity index (χ1v) is 13.6. The van der Waals surface area contributed by atoms with Gasteiger partial charge >= 0.3 is 11.9 Å². The minimum absolute atomic E-state index is 0.0797. The predicted molar refractivity (Wildman–Crippen MR) is 165 cm³/mol. The lowest BCUT2D eigenvalue weighted by molar-refractivity contribution is -0.137. The van der Waals surface area contributed by atoms with E-state index in [0.29, 0.717) is 39.4 Å². The zero-order chi connectivity index (χ0) is 30.3. The second-order valence-electron chi connectivity index (χ2n) is 10.4. The van der Waals surface area contributed by atoms with Gasteiger partial charge < -0.3 is 20.2 Å². The van der Waals surface area contributed by atoms with Gasteiger partial charge in [-0.1, -0.05) is 25.3 Å². The second kappa shape index (κ2) is 11.1. The monoisotopic (exact) mass is 566 g/mol. The molecule has 3 aromatic rings. The van der Waals surface area contributed by atoms with Gasteiger partial charge in [-0.15, -0.1) is 0 Å². The molecular weight excluding hydrogens is 535 g/mol. The minimum Gasteiger partial charge on any atom is -0.481 e. The summed E-state index contributed by atoms with van der Waals surface area (Å²) in [5, 5.41) is 18.8. The number of rotatable bonds is 8. The van der Waals surface area contributed by atoms with Gasteiger partial charge in [0.25, 0.3) is 0 Å². The topological polar surface area (TPSA) is 132 Å². The summed E-state index contributed by atoms with van der Waals surface area (Å²) < 4.78 is 15.6. The van der Waals surface area contributed by atoms with Crippen molar-refractivity contribution in [3.63, 3.8) is 0 Å². The van der Waals surface area contributed by atoms with Gasteiger partial charge in [-0.05, 0) is 85.7 Å². The molecule has 0 spiro atoms. The maximum absolute atomic E-state index is 15.6. The van der Waals surface area contributed by atoms with Crippen LogP contribution in [0.15, 0.2) is 37.4 Å². The van der Waals surface area contributed by atoms with E-state index in [1.54, 1.807) is 18.2 Å². The van der Waals surface area contributed by atoms with E-state index < -0.39 is 17.8 Å². The fourth-order valence-corrected chi connectivity index (χ4v) is 5.54. The summed E-state index contributed by atoms with van der Waals surface area (Å²) in [6.45, 7) is 13.5. The lowest BCUT2D eigenvalue weighted by Gasteiger charge is -2.05. The molecule has 0 saturated heterocycles. The van der Waals surface area contributed by atoms with Gasteiger partial charge in [0.1, 0.15) is 0 Å². The molecule has 0 aromatic carbocycles. The molecule has 0 saturated carbocycles. The smallest absolute Gasteiger partial charge is 0.303 e. The van der Waals surface area contributed by atoms with Crippen molar-refractivity contribution in [1.82, 2.24) is 19.9 Å². The highest BCUT2D eigenvalue weighted by molar-refractivity contribution is 5.97. The number of fused-ring (bicyclic) bond motifs is 8. The number of halogens is 1. The predicted octanol–water partition coefficient (Wildman–Crippen LogP) is 7.64. The Balaban J connectivity index is 1.93. The minimum atomic E-state index is -0.948. The second-order valence-corrected chi connectivity index (χ2v) is 10.4. The Bertz CT molecular complexity index is 1920. The molecular formula is C33H31FN4O4. The number of aliphatic carboxylic acids is 2. The largest absolute Gasteiger partial charge is 0.481 e. The quantitative estimate of drug-likeness (QED) is 0.222. The van der Waals surface area contributed by atoms with Gasteiger partial charge in [0, 0.05) is 35.0 Å². The first-order valence-electron chi connectivity index (χ1n) is 13.6. The third-order valence-electron chi connectivity index (χ3n) is 7.88. The molecule has 2 aliphatic heterocycles. The molecule has 0 unspecified atom stereocenters. The van der Waals surface area contributed by atoms with Gasteiger partial charge in [-0.3, -0.25) is 9.59 Å². The number of H-pyrrole nitrogens is 2.